The van der Waals surface area contributed by atoms with Crippen LogP contribution in [-0.2, 0) is 0 Å². The van der Waals surface area contributed by atoms with Gasteiger partial charge in [0.05, 0.1) is 0 Å². The van der Waals surface area contributed by atoms with E-state index in [4.69, 9.17) is 4.42 Å². The van der Waals surface area contributed by atoms with Gasteiger partial charge in [-0.05, 0) is 107 Å². The van der Waals surface area contributed by atoms with Crippen LogP contribution in [0.15, 0.2) is 223 Å². The molecule has 0 N–H and O–H groups in total. The fourth-order valence-electron chi connectivity index (χ4n) is 7.07. The summed E-state index contributed by atoms with van der Waals surface area (Å²) in [5.41, 5.74) is 12.4. The monoisotopic (exact) mass is 708 g/mol. The van der Waals surface area contributed by atoms with Gasteiger partial charge in [-0.15, -0.1) is 10.2 Å². The smallest absolute Gasteiger partial charge is 0.248 e. The van der Waals surface area contributed by atoms with E-state index in [1.54, 1.807) is 0 Å². The van der Waals surface area contributed by atoms with Gasteiger partial charge in [0.1, 0.15) is 0 Å². The van der Waals surface area contributed by atoms with Crippen LogP contribution in [0.3, 0.4) is 0 Å². The molecule has 0 aliphatic carbocycles. The average Bonchev–Trinajstić information content (AvgIpc) is 3.76. The van der Waals surface area contributed by atoms with Gasteiger partial charge in [-0.1, -0.05) is 133 Å². The molecule has 9 rings (SSSR count). The summed E-state index contributed by atoms with van der Waals surface area (Å²) >= 11 is 0. The van der Waals surface area contributed by atoms with Crippen molar-refractivity contribution >= 4 is 34.1 Å². The van der Waals surface area contributed by atoms with Crippen LogP contribution in [0.5, 0.6) is 0 Å². The summed E-state index contributed by atoms with van der Waals surface area (Å²) in [6.45, 7) is 0. The van der Waals surface area contributed by atoms with E-state index in [1.807, 2.05) is 60.7 Å². The minimum atomic E-state index is 0.469. The topological polar surface area (TPSA) is 45.4 Å². The molecule has 0 fully saturated rings. The van der Waals surface area contributed by atoms with Gasteiger partial charge in [-0.3, -0.25) is 0 Å². The zero-order chi connectivity index (χ0) is 36.8. The number of para-hydroxylation sites is 4. The third-order valence-electron chi connectivity index (χ3n) is 9.67. The van der Waals surface area contributed by atoms with E-state index in [9.17, 15) is 0 Å². The highest BCUT2D eigenvalue weighted by Gasteiger charge is 2.19. The summed E-state index contributed by atoms with van der Waals surface area (Å²) < 4.78 is 6.50. The molecular formula is C50H36N4O. The van der Waals surface area contributed by atoms with Crippen molar-refractivity contribution in [3.05, 3.63) is 218 Å². The molecule has 5 heteroatoms. The van der Waals surface area contributed by atoms with Gasteiger partial charge in [0.25, 0.3) is 0 Å². The van der Waals surface area contributed by atoms with Crippen molar-refractivity contribution in [1.29, 1.82) is 0 Å². The van der Waals surface area contributed by atoms with Crippen LogP contribution in [0, 0.1) is 0 Å². The summed E-state index contributed by atoms with van der Waals surface area (Å²) in [6, 6.07) is 75.3. The molecule has 5 nitrogen and oxygen atoms in total. The minimum Gasteiger partial charge on any atom is -0.416 e. The second-order valence-electron chi connectivity index (χ2n) is 13.1. The Hall–Kier alpha value is -7.50. The summed E-state index contributed by atoms with van der Waals surface area (Å²) in [6.07, 6.45) is 0. The first-order valence-corrected chi connectivity index (χ1v) is 18.3. The molecule has 0 saturated heterocycles. The fraction of sp³-hybridized carbons (Fsp3) is 0. The van der Waals surface area contributed by atoms with Crippen LogP contribution in [-0.4, -0.2) is 10.2 Å². The molecule has 0 aliphatic rings. The number of nitrogens with zero attached hydrogens (tertiary/aromatic N) is 4. The molecular weight excluding hydrogens is 673 g/mol. The van der Waals surface area contributed by atoms with E-state index in [1.165, 1.54) is 0 Å². The van der Waals surface area contributed by atoms with Gasteiger partial charge in [-0.2, -0.15) is 0 Å². The van der Waals surface area contributed by atoms with Crippen molar-refractivity contribution in [2.24, 2.45) is 0 Å². The lowest BCUT2D eigenvalue weighted by Gasteiger charge is -2.25. The molecule has 8 aromatic carbocycles. The second kappa shape index (κ2) is 15.2. The van der Waals surface area contributed by atoms with Crippen molar-refractivity contribution in [1.82, 2.24) is 10.2 Å². The molecule has 1 aromatic heterocycles. The summed E-state index contributed by atoms with van der Waals surface area (Å²) in [5.74, 6) is 0.938. The molecule has 0 atom stereocenters. The Bertz CT molecular complexity index is 2360. The Kier molecular flexibility index (Phi) is 9.23. The molecule has 0 aliphatic heterocycles. The van der Waals surface area contributed by atoms with Gasteiger partial charge in [-0.25, -0.2) is 0 Å². The number of rotatable bonds is 10. The minimum absolute atomic E-state index is 0.469. The maximum absolute atomic E-state index is 6.50. The zero-order valence-corrected chi connectivity index (χ0v) is 30.0. The Balaban J connectivity index is 1.02. The number of benzene rings is 8. The Morgan fingerprint density at radius 3 is 0.818 bits per heavy atom. The van der Waals surface area contributed by atoms with Crippen molar-refractivity contribution in [2.75, 3.05) is 9.80 Å². The van der Waals surface area contributed by atoms with Crippen molar-refractivity contribution in [3.8, 4) is 45.2 Å². The summed E-state index contributed by atoms with van der Waals surface area (Å²) in [5, 5.41) is 9.16. The normalized spacial score (nSPS) is 10.9. The maximum atomic E-state index is 6.50. The molecule has 0 radical (unpaired) electrons. The van der Waals surface area contributed by atoms with Gasteiger partial charge in [0.15, 0.2) is 0 Å². The average molecular weight is 709 g/mol. The SMILES string of the molecule is c1ccc(N(c2ccccc2)c2ccc(-c3ccccc3-c3nnc(-c4ccccc4-c4ccc(N(c5ccccc5)c5ccccc5)cc4)o3)cc2)cc1. The Labute approximate surface area is 321 Å². The zero-order valence-electron chi connectivity index (χ0n) is 30.0. The molecule has 1 heterocycles. The third-order valence-corrected chi connectivity index (χ3v) is 9.67. The van der Waals surface area contributed by atoms with E-state index in [2.05, 4.69) is 178 Å². The van der Waals surface area contributed by atoms with Crippen molar-refractivity contribution < 1.29 is 4.42 Å². The van der Waals surface area contributed by atoms with Crippen LogP contribution in [0.2, 0.25) is 0 Å². The van der Waals surface area contributed by atoms with E-state index in [-0.39, 0.29) is 0 Å². The van der Waals surface area contributed by atoms with Gasteiger partial charge in [0.2, 0.25) is 11.8 Å². The van der Waals surface area contributed by atoms with Crippen LogP contribution < -0.4 is 9.80 Å². The molecule has 9 aromatic rings. The highest BCUT2D eigenvalue weighted by molar-refractivity contribution is 5.85. The molecule has 0 saturated carbocycles. The largest absolute Gasteiger partial charge is 0.416 e. The van der Waals surface area contributed by atoms with Gasteiger partial charge in [0, 0.05) is 45.3 Å². The Morgan fingerprint density at radius 1 is 0.255 bits per heavy atom. The number of aromatic nitrogens is 2. The third kappa shape index (κ3) is 6.90. The molecule has 262 valence electrons. The first-order chi connectivity index (χ1) is 27.3. The summed E-state index contributed by atoms with van der Waals surface area (Å²) in [4.78, 5) is 4.51. The first kappa shape index (κ1) is 33.3. The van der Waals surface area contributed by atoms with Crippen molar-refractivity contribution in [3.63, 3.8) is 0 Å². The highest BCUT2D eigenvalue weighted by Crippen LogP contribution is 2.40. The number of hydrogen-bond donors (Lipinski definition) is 0. The van der Waals surface area contributed by atoms with Gasteiger partial charge < -0.3 is 14.2 Å². The van der Waals surface area contributed by atoms with E-state index in [0.717, 1.165) is 67.5 Å². The van der Waals surface area contributed by atoms with E-state index < -0.39 is 0 Å². The quantitative estimate of drug-likeness (QED) is 0.142. The second-order valence-corrected chi connectivity index (χ2v) is 13.1. The first-order valence-electron chi connectivity index (χ1n) is 18.3. The van der Waals surface area contributed by atoms with Gasteiger partial charge >= 0.3 is 0 Å². The van der Waals surface area contributed by atoms with Crippen LogP contribution in [0.25, 0.3) is 45.2 Å². The maximum Gasteiger partial charge on any atom is 0.248 e. The molecule has 0 spiro atoms. The lowest BCUT2D eigenvalue weighted by Crippen LogP contribution is -2.09. The van der Waals surface area contributed by atoms with Crippen molar-refractivity contribution in [2.45, 2.75) is 0 Å². The summed E-state index contributed by atoms with van der Waals surface area (Å²) in [7, 11) is 0. The lowest BCUT2D eigenvalue weighted by atomic mass is 9.99. The highest BCUT2D eigenvalue weighted by atomic mass is 16.4. The molecule has 55 heavy (non-hydrogen) atoms. The fourth-order valence-corrected chi connectivity index (χ4v) is 7.07. The standard InChI is InChI=1S/C50H36N4O/c1-5-17-39(18-6-1)53(40-19-7-2-8-20-40)43-33-29-37(30-34-43)45-25-13-15-27-47(45)49-51-52-50(55-49)48-28-16-14-26-46(48)38-31-35-44(36-32-38)54(41-21-9-3-10-22-41)42-23-11-4-12-24-42/h1-36H. The van der Waals surface area contributed by atoms with Crippen LogP contribution in [0.4, 0.5) is 34.1 Å². The van der Waals surface area contributed by atoms with E-state index in [0.29, 0.717) is 11.8 Å². The number of hydrogen-bond acceptors (Lipinski definition) is 5. The van der Waals surface area contributed by atoms with Crippen LogP contribution >= 0.6 is 0 Å². The molecule has 0 unspecified atom stereocenters. The molecule has 0 amide bonds. The molecule has 0 bridgehead atoms. The lowest BCUT2D eigenvalue weighted by molar-refractivity contribution is 0.585. The van der Waals surface area contributed by atoms with Crippen LogP contribution in [0.1, 0.15) is 0 Å². The number of anilines is 6. The van der Waals surface area contributed by atoms with E-state index >= 15 is 0 Å². The Morgan fingerprint density at radius 2 is 0.509 bits per heavy atom. The predicted octanol–water partition coefficient (Wildman–Crippen LogP) is 13.7. The predicted molar refractivity (Wildman–Crippen MR) is 225 cm³/mol.